The first-order valence-electron chi connectivity index (χ1n) is 7.19. The number of hydrogen-bond acceptors (Lipinski definition) is 3. The number of hydrogen-bond donors (Lipinski definition) is 1. The fourth-order valence-electron chi connectivity index (χ4n) is 2.66. The van der Waals surface area contributed by atoms with E-state index in [1.807, 2.05) is 0 Å². The smallest absolute Gasteiger partial charge is 0.0638 e. The molecule has 1 heterocycles. The zero-order valence-corrected chi connectivity index (χ0v) is 11.9. The van der Waals surface area contributed by atoms with Crippen LogP contribution in [0.15, 0.2) is 24.3 Å². The largest absolute Gasteiger partial charge is 0.370 e. The molecule has 1 aromatic rings. The van der Waals surface area contributed by atoms with Gasteiger partial charge in [0.2, 0.25) is 0 Å². The van der Waals surface area contributed by atoms with Crippen LogP contribution in [0.4, 0.5) is 5.69 Å². The van der Waals surface area contributed by atoms with E-state index in [0.717, 1.165) is 25.9 Å². The Morgan fingerprint density at radius 2 is 2.11 bits per heavy atom. The lowest BCUT2D eigenvalue weighted by Gasteiger charge is -2.25. The van der Waals surface area contributed by atoms with E-state index in [-0.39, 0.29) is 6.04 Å². The Morgan fingerprint density at radius 3 is 2.74 bits per heavy atom. The van der Waals surface area contributed by atoms with E-state index in [9.17, 15) is 0 Å². The molecule has 3 nitrogen and oxygen atoms in total. The molecular weight excluding hydrogens is 234 g/mol. The number of aryl methyl sites for hydroxylation is 1. The Hall–Kier alpha value is -1.53. The Labute approximate surface area is 116 Å². The van der Waals surface area contributed by atoms with Crippen molar-refractivity contribution < 1.29 is 0 Å². The summed E-state index contributed by atoms with van der Waals surface area (Å²) in [6.45, 7) is 6.36. The van der Waals surface area contributed by atoms with Crippen LogP contribution in [0.25, 0.3) is 0 Å². The molecule has 19 heavy (non-hydrogen) atoms. The topological polar surface area (TPSA) is 39.1 Å². The molecule has 3 heteroatoms. The molecule has 1 aliphatic rings. The van der Waals surface area contributed by atoms with E-state index >= 15 is 0 Å². The molecule has 2 rings (SSSR count). The molecule has 1 saturated heterocycles. The molecule has 1 fully saturated rings. The highest BCUT2D eigenvalue weighted by Gasteiger charge is 2.21. The minimum atomic E-state index is 0.272. The first-order chi connectivity index (χ1) is 9.22. The van der Waals surface area contributed by atoms with Crippen molar-refractivity contribution in [1.29, 1.82) is 5.26 Å². The Balaban J connectivity index is 2.10. The molecule has 1 aromatic carbocycles. The van der Waals surface area contributed by atoms with E-state index in [1.54, 1.807) is 0 Å². The summed E-state index contributed by atoms with van der Waals surface area (Å²) in [6, 6.07) is 11.9. The van der Waals surface area contributed by atoms with Crippen molar-refractivity contribution in [3.8, 4) is 6.07 Å². The maximum absolute atomic E-state index is 8.91. The second-order valence-corrected chi connectivity index (χ2v) is 5.38. The molecule has 0 bridgehead atoms. The van der Waals surface area contributed by atoms with Gasteiger partial charge in [0.05, 0.1) is 12.5 Å². The van der Waals surface area contributed by atoms with Crippen molar-refractivity contribution in [2.45, 2.75) is 45.2 Å². The lowest BCUT2D eigenvalue weighted by Crippen LogP contribution is -2.39. The first-order valence-corrected chi connectivity index (χ1v) is 7.19. The zero-order chi connectivity index (χ0) is 13.7. The second-order valence-electron chi connectivity index (χ2n) is 5.38. The molecule has 1 aliphatic heterocycles. The third-order valence-electron chi connectivity index (χ3n) is 3.84. The molecule has 0 spiro atoms. The van der Waals surface area contributed by atoms with Gasteiger partial charge < -0.3 is 10.2 Å². The van der Waals surface area contributed by atoms with E-state index in [4.69, 9.17) is 5.26 Å². The summed E-state index contributed by atoms with van der Waals surface area (Å²) < 4.78 is 0. The average Bonchev–Trinajstić information content (AvgIpc) is 2.61. The van der Waals surface area contributed by atoms with Gasteiger partial charge in [-0.3, -0.25) is 0 Å². The quantitative estimate of drug-likeness (QED) is 0.905. The first kappa shape index (κ1) is 13.9. The van der Waals surface area contributed by atoms with E-state index < -0.39 is 0 Å². The molecule has 0 aliphatic carbocycles. The van der Waals surface area contributed by atoms with Crippen molar-refractivity contribution in [2.24, 2.45) is 0 Å². The Kier molecular flexibility index (Phi) is 4.81. The number of nitriles is 1. The van der Waals surface area contributed by atoms with Crippen molar-refractivity contribution in [3.63, 3.8) is 0 Å². The Morgan fingerprint density at radius 1 is 1.37 bits per heavy atom. The van der Waals surface area contributed by atoms with E-state index in [0.29, 0.717) is 12.5 Å². The predicted octanol–water partition coefficient (Wildman–Crippen LogP) is 2.72. The number of anilines is 1. The number of nitrogens with zero attached hydrogens (tertiary/aromatic N) is 2. The molecule has 2 atom stereocenters. The number of nitrogens with one attached hydrogen (secondary N) is 1. The summed E-state index contributed by atoms with van der Waals surface area (Å²) in [5.41, 5.74) is 2.65. The van der Waals surface area contributed by atoms with Gasteiger partial charge >= 0.3 is 0 Å². The summed E-state index contributed by atoms with van der Waals surface area (Å²) >= 11 is 0. The maximum atomic E-state index is 8.91. The summed E-state index contributed by atoms with van der Waals surface area (Å²) in [6.07, 6.45) is 2.78. The van der Waals surface area contributed by atoms with E-state index in [1.165, 1.54) is 11.3 Å². The fraction of sp³-hybridized carbons (Fsp3) is 0.562. The summed E-state index contributed by atoms with van der Waals surface area (Å²) in [7, 11) is 0. The normalized spacial score (nSPS) is 23.7. The van der Waals surface area contributed by atoms with Crippen LogP contribution in [0.2, 0.25) is 0 Å². The maximum Gasteiger partial charge on any atom is 0.0638 e. The summed E-state index contributed by atoms with van der Waals surface area (Å²) in [4.78, 5) is 2.40. The van der Waals surface area contributed by atoms with Gasteiger partial charge in [0.15, 0.2) is 0 Å². The van der Waals surface area contributed by atoms with Crippen molar-refractivity contribution in [2.75, 3.05) is 18.0 Å². The van der Waals surface area contributed by atoms with Gasteiger partial charge in [-0.25, -0.2) is 0 Å². The monoisotopic (exact) mass is 257 g/mol. The van der Waals surface area contributed by atoms with Crippen LogP contribution in [0, 0.1) is 11.3 Å². The third-order valence-corrected chi connectivity index (χ3v) is 3.84. The molecule has 0 aromatic heterocycles. The number of rotatable bonds is 3. The second kappa shape index (κ2) is 6.58. The fourth-order valence-corrected chi connectivity index (χ4v) is 2.66. The van der Waals surface area contributed by atoms with Crippen LogP contribution in [-0.4, -0.2) is 25.2 Å². The molecule has 0 amide bonds. The molecule has 1 N–H and O–H groups in total. The molecule has 2 unspecified atom stereocenters. The van der Waals surface area contributed by atoms with Crippen molar-refractivity contribution >= 4 is 5.69 Å². The summed E-state index contributed by atoms with van der Waals surface area (Å²) in [5, 5.41) is 12.5. The minimum absolute atomic E-state index is 0.272. The lowest BCUT2D eigenvalue weighted by atomic mass is 10.1. The van der Waals surface area contributed by atoms with Gasteiger partial charge in [0.25, 0.3) is 0 Å². The van der Waals surface area contributed by atoms with Crippen molar-refractivity contribution in [3.05, 3.63) is 29.8 Å². The number of benzene rings is 1. The summed E-state index contributed by atoms with van der Waals surface area (Å²) in [5.74, 6) is 0. The van der Waals surface area contributed by atoms with Crippen LogP contribution in [0.5, 0.6) is 0 Å². The van der Waals surface area contributed by atoms with Crippen LogP contribution in [0.1, 0.15) is 32.3 Å². The van der Waals surface area contributed by atoms with Gasteiger partial charge in [-0.05, 0) is 37.5 Å². The SMILES string of the molecule is CCc1ccc(N2CCC(C)NC(CC#N)C2)cc1. The van der Waals surface area contributed by atoms with Gasteiger partial charge in [0, 0.05) is 30.9 Å². The predicted molar refractivity (Wildman–Crippen MR) is 79.3 cm³/mol. The standard InChI is InChI=1S/C16H23N3/c1-3-14-4-6-16(7-5-14)19-11-9-13(2)18-15(12-19)8-10-17/h4-7,13,15,18H,3,8-9,11-12H2,1-2H3. The van der Waals surface area contributed by atoms with Crippen LogP contribution >= 0.6 is 0 Å². The van der Waals surface area contributed by atoms with Crippen molar-refractivity contribution in [1.82, 2.24) is 5.32 Å². The van der Waals surface area contributed by atoms with Crippen LogP contribution in [0.3, 0.4) is 0 Å². The molecule has 0 saturated carbocycles. The van der Waals surface area contributed by atoms with Crippen LogP contribution < -0.4 is 10.2 Å². The molecule has 0 radical (unpaired) electrons. The zero-order valence-electron chi connectivity index (χ0n) is 11.9. The highest BCUT2D eigenvalue weighted by molar-refractivity contribution is 5.48. The van der Waals surface area contributed by atoms with Gasteiger partial charge in [-0.15, -0.1) is 0 Å². The average molecular weight is 257 g/mol. The Bertz CT molecular complexity index is 432. The molecular formula is C16H23N3. The van der Waals surface area contributed by atoms with E-state index in [2.05, 4.69) is 54.4 Å². The highest BCUT2D eigenvalue weighted by Crippen LogP contribution is 2.19. The highest BCUT2D eigenvalue weighted by atomic mass is 15.2. The third kappa shape index (κ3) is 3.71. The van der Waals surface area contributed by atoms with Crippen LogP contribution in [-0.2, 0) is 6.42 Å². The molecule has 102 valence electrons. The van der Waals surface area contributed by atoms with Gasteiger partial charge in [-0.2, -0.15) is 5.26 Å². The minimum Gasteiger partial charge on any atom is -0.370 e. The van der Waals surface area contributed by atoms with Gasteiger partial charge in [0.1, 0.15) is 0 Å². The lowest BCUT2D eigenvalue weighted by molar-refractivity contribution is 0.473. The van der Waals surface area contributed by atoms with Gasteiger partial charge in [-0.1, -0.05) is 19.1 Å².